The van der Waals surface area contributed by atoms with Crippen molar-refractivity contribution in [2.24, 2.45) is 0 Å². The molecule has 25 heavy (non-hydrogen) atoms. The van der Waals surface area contributed by atoms with Crippen LogP contribution in [0.1, 0.15) is 37.9 Å². The molecule has 0 atom stereocenters. The molecule has 4 heterocycles. The molecule has 0 saturated carbocycles. The van der Waals surface area contributed by atoms with Gasteiger partial charge in [-0.3, -0.25) is 13.8 Å². The van der Waals surface area contributed by atoms with Gasteiger partial charge in [-0.1, -0.05) is 20.8 Å². The topological polar surface area (TPSA) is 68.0 Å². The SMILES string of the molecule is CCc1nc(-n2cccc2CC)nc2c1[nH]c(=O)c1ccc(CC)n12. The Morgan fingerprint density at radius 2 is 1.80 bits per heavy atom. The number of nitrogens with one attached hydrogen (secondary N) is 1. The summed E-state index contributed by atoms with van der Waals surface area (Å²) < 4.78 is 3.98. The minimum Gasteiger partial charge on any atom is -0.316 e. The highest BCUT2D eigenvalue weighted by molar-refractivity contribution is 5.77. The molecule has 0 aliphatic rings. The first-order valence-corrected chi connectivity index (χ1v) is 8.77. The van der Waals surface area contributed by atoms with E-state index in [1.54, 1.807) is 0 Å². The molecule has 0 fully saturated rings. The minimum absolute atomic E-state index is 0.103. The lowest BCUT2D eigenvalue weighted by Crippen LogP contribution is -2.16. The zero-order valence-corrected chi connectivity index (χ0v) is 14.7. The molecule has 0 amide bonds. The lowest BCUT2D eigenvalue weighted by Gasteiger charge is -2.12. The molecule has 6 heteroatoms. The molecule has 4 aromatic heterocycles. The van der Waals surface area contributed by atoms with Gasteiger partial charge in [-0.2, -0.15) is 4.98 Å². The zero-order valence-electron chi connectivity index (χ0n) is 14.7. The number of aromatic nitrogens is 5. The third-order valence-corrected chi connectivity index (χ3v) is 4.71. The van der Waals surface area contributed by atoms with Gasteiger partial charge in [0.2, 0.25) is 5.95 Å². The van der Waals surface area contributed by atoms with E-state index in [1.165, 1.54) is 0 Å². The van der Waals surface area contributed by atoms with Crippen LogP contribution in [0.2, 0.25) is 0 Å². The van der Waals surface area contributed by atoms with Gasteiger partial charge in [-0.05, 0) is 43.5 Å². The summed E-state index contributed by atoms with van der Waals surface area (Å²) in [6.07, 6.45) is 4.44. The van der Waals surface area contributed by atoms with Crippen LogP contribution >= 0.6 is 0 Å². The summed E-state index contributed by atoms with van der Waals surface area (Å²) in [6.45, 7) is 6.24. The number of hydrogen-bond acceptors (Lipinski definition) is 3. The van der Waals surface area contributed by atoms with Crippen molar-refractivity contribution >= 4 is 16.7 Å². The van der Waals surface area contributed by atoms with Crippen LogP contribution < -0.4 is 5.56 Å². The predicted octanol–water partition coefficient (Wildman–Crippen LogP) is 3.05. The molecule has 0 aliphatic heterocycles. The van der Waals surface area contributed by atoms with Crippen LogP contribution in [0.4, 0.5) is 0 Å². The predicted molar refractivity (Wildman–Crippen MR) is 98.6 cm³/mol. The summed E-state index contributed by atoms with van der Waals surface area (Å²) in [6, 6.07) is 7.94. The largest absolute Gasteiger partial charge is 0.316 e. The third kappa shape index (κ3) is 2.28. The molecule has 0 aliphatic carbocycles. The smallest absolute Gasteiger partial charge is 0.272 e. The molecule has 0 bridgehead atoms. The van der Waals surface area contributed by atoms with E-state index in [2.05, 4.69) is 24.9 Å². The Kier molecular flexibility index (Phi) is 3.67. The first-order valence-electron chi connectivity index (χ1n) is 8.77. The first kappa shape index (κ1) is 15.6. The highest BCUT2D eigenvalue weighted by Crippen LogP contribution is 2.20. The standard InChI is InChI=1S/C19H21N5O/c1-4-12-8-7-11-23(12)19-20-14(6-3)16-17(22-19)24-13(5-2)9-10-15(24)18(25)21-16/h7-11H,4-6H2,1-3H3,(H,21,25). The van der Waals surface area contributed by atoms with Crippen molar-refractivity contribution < 1.29 is 0 Å². The van der Waals surface area contributed by atoms with Gasteiger partial charge in [0.25, 0.3) is 5.56 Å². The number of aryl methyl sites for hydroxylation is 3. The molecule has 0 aromatic carbocycles. The molecule has 0 saturated heterocycles. The minimum atomic E-state index is -0.103. The van der Waals surface area contributed by atoms with E-state index in [9.17, 15) is 4.79 Å². The van der Waals surface area contributed by atoms with E-state index >= 15 is 0 Å². The molecular weight excluding hydrogens is 314 g/mol. The number of aromatic amines is 1. The maximum Gasteiger partial charge on any atom is 0.272 e. The van der Waals surface area contributed by atoms with Crippen molar-refractivity contribution in [3.05, 3.63) is 57.9 Å². The summed E-state index contributed by atoms with van der Waals surface area (Å²) in [7, 11) is 0. The Labute approximate surface area is 145 Å². The number of hydrogen-bond donors (Lipinski definition) is 1. The fourth-order valence-electron chi connectivity index (χ4n) is 3.39. The van der Waals surface area contributed by atoms with Crippen LogP contribution in [0.15, 0.2) is 35.3 Å². The van der Waals surface area contributed by atoms with E-state index in [-0.39, 0.29) is 5.56 Å². The lowest BCUT2D eigenvalue weighted by molar-refractivity contribution is 0.844. The Balaban J connectivity index is 2.15. The van der Waals surface area contributed by atoms with Gasteiger partial charge in [0, 0.05) is 17.6 Å². The Hall–Kier alpha value is -2.89. The van der Waals surface area contributed by atoms with Crippen LogP contribution in [-0.4, -0.2) is 23.9 Å². The van der Waals surface area contributed by atoms with Gasteiger partial charge in [-0.15, -0.1) is 0 Å². The van der Waals surface area contributed by atoms with Crippen molar-refractivity contribution in [3.63, 3.8) is 0 Å². The van der Waals surface area contributed by atoms with E-state index < -0.39 is 0 Å². The molecule has 1 N–H and O–H groups in total. The molecule has 0 radical (unpaired) electrons. The van der Waals surface area contributed by atoms with E-state index in [0.717, 1.165) is 47.5 Å². The van der Waals surface area contributed by atoms with Crippen molar-refractivity contribution in [2.75, 3.05) is 0 Å². The van der Waals surface area contributed by atoms with Gasteiger partial charge in [0.15, 0.2) is 5.65 Å². The third-order valence-electron chi connectivity index (χ3n) is 4.71. The highest BCUT2D eigenvalue weighted by Gasteiger charge is 2.16. The summed E-state index contributed by atoms with van der Waals surface area (Å²) in [5.41, 5.74) is 5.08. The Morgan fingerprint density at radius 3 is 2.52 bits per heavy atom. The van der Waals surface area contributed by atoms with Crippen molar-refractivity contribution in [1.29, 1.82) is 0 Å². The molecule has 128 valence electrons. The fraction of sp³-hybridized carbons (Fsp3) is 0.316. The van der Waals surface area contributed by atoms with Gasteiger partial charge in [0.1, 0.15) is 11.0 Å². The van der Waals surface area contributed by atoms with Crippen LogP contribution in [-0.2, 0) is 19.3 Å². The normalized spacial score (nSPS) is 11.6. The Morgan fingerprint density at radius 1 is 1.00 bits per heavy atom. The van der Waals surface area contributed by atoms with Crippen LogP contribution in [0.3, 0.4) is 0 Å². The molecular formula is C19H21N5O. The van der Waals surface area contributed by atoms with E-state index in [1.807, 2.05) is 40.3 Å². The second kappa shape index (κ2) is 5.88. The monoisotopic (exact) mass is 335 g/mol. The zero-order chi connectivity index (χ0) is 17.6. The number of fused-ring (bicyclic) bond motifs is 3. The average molecular weight is 335 g/mol. The quantitative estimate of drug-likeness (QED) is 0.623. The van der Waals surface area contributed by atoms with Crippen LogP contribution in [0, 0.1) is 0 Å². The molecule has 0 spiro atoms. The molecule has 6 nitrogen and oxygen atoms in total. The fourth-order valence-corrected chi connectivity index (χ4v) is 3.39. The van der Waals surface area contributed by atoms with Crippen LogP contribution in [0.5, 0.6) is 0 Å². The molecule has 0 unspecified atom stereocenters. The Bertz CT molecular complexity index is 1130. The summed E-state index contributed by atoms with van der Waals surface area (Å²) in [5.74, 6) is 0.648. The number of H-pyrrole nitrogens is 1. The second-order valence-corrected chi connectivity index (χ2v) is 6.10. The van der Waals surface area contributed by atoms with Crippen molar-refractivity contribution in [3.8, 4) is 5.95 Å². The van der Waals surface area contributed by atoms with Crippen LogP contribution in [0.25, 0.3) is 22.6 Å². The summed E-state index contributed by atoms with van der Waals surface area (Å²) in [4.78, 5) is 25.0. The van der Waals surface area contributed by atoms with E-state index in [4.69, 9.17) is 9.97 Å². The first-order chi connectivity index (χ1) is 12.2. The van der Waals surface area contributed by atoms with Crippen molar-refractivity contribution in [2.45, 2.75) is 40.0 Å². The van der Waals surface area contributed by atoms with Crippen molar-refractivity contribution in [1.82, 2.24) is 23.9 Å². The number of nitrogens with zero attached hydrogens (tertiary/aromatic N) is 4. The van der Waals surface area contributed by atoms with E-state index in [0.29, 0.717) is 11.5 Å². The lowest BCUT2D eigenvalue weighted by atomic mass is 10.2. The van der Waals surface area contributed by atoms with Gasteiger partial charge in [-0.25, -0.2) is 4.98 Å². The molecule has 4 rings (SSSR count). The maximum atomic E-state index is 12.5. The van der Waals surface area contributed by atoms with Gasteiger partial charge < -0.3 is 4.98 Å². The second-order valence-electron chi connectivity index (χ2n) is 6.10. The average Bonchev–Trinajstić information content (AvgIpc) is 3.28. The van der Waals surface area contributed by atoms with Gasteiger partial charge in [0.05, 0.1) is 5.69 Å². The maximum absolute atomic E-state index is 12.5. The molecule has 4 aromatic rings. The highest BCUT2D eigenvalue weighted by atomic mass is 16.1. The number of rotatable bonds is 4. The van der Waals surface area contributed by atoms with Gasteiger partial charge >= 0.3 is 0 Å². The summed E-state index contributed by atoms with van der Waals surface area (Å²) in [5, 5.41) is 0. The summed E-state index contributed by atoms with van der Waals surface area (Å²) >= 11 is 0.